The fourth-order valence-electron chi connectivity index (χ4n) is 4.00. The SMILES string of the molecule is CC(C)(C)c1ccc(C(=O)Nc2ccc(N=Cc3cc(Cc4ccccc4Cl)cc([N+](=O)[O-])c3O)cc2)cc1. The molecule has 0 unspecified atom stereocenters. The summed E-state index contributed by atoms with van der Waals surface area (Å²) >= 11 is 6.25. The summed E-state index contributed by atoms with van der Waals surface area (Å²) < 4.78 is 0. The molecule has 0 aliphatic carbocycles. The molecule has 0 aliphatic heterocycles. The monoisotopic (exact) mass is 541 g/mol. The predicted octanol–water partition coefficient (Wildman–Crippen LogP) is 7.85. The van der Waals surface area contributed by atoms with Crippen LogP contribution in [0.15, 0.2) is 89.9 Å². The largest absolute Gasteiger partial charge is 0.502 e. The topological polar surface area (TPSA) is 105 Å². The van der Waals surface area contributed by atoms with Gasteiger partial charge in [0.15, 0.2) is 0 Å². The van der Waals surface area contributed by atoms with Crippen molar-refractivity contribution >= 4 is 40.8 Å². The van der Waals surface area contributed by atoms with Gasteiger partial charge in [-0.15, -0.1) is 0 Å². The molecule has 0 aliphatic rings. The van der Waals surface area contributed by atoms with E-state index in [1.165, 1.54) is 12.3 Å². The second kappa shape index (κ2) is 11.5. The van der Waals surface area contributed by atoms with Gasteiger partial charge in [0.25, 0.3) is 5.91 Å². The number of nitrogens with zero attached hydrogens (tertiary/aromatic N) is 2. The lowest BCUT2D eigenvalue weighted by molar-refractivity contribution is -0.385. The summed E-state index contributed by atoms with van der Waals surface area (Å²) in [5.74, 6) is -0.688. The van der Waals surface area contributed by atoms with E-state index in [2.05, 4.69) is 31.1 Å². The van der Waals surface area contributed by atoms with Crippen LogP contribution >= 0.6 is 11.6 Å². The zero-order valence-electron chi connectivity index (χ0n) is 21.8. The quantitative estimate of drug-likeness (QED) is 0.141. The van der Waals surface area contributed by atoms with Gasteiger partial charge in [0, 0.05) is 34.1 Å². The maximum Gasteiger partial charge on any atom is 0.311 e. The van der Waals surface area contributed by atoms with Crippen molar-refractivity contribution in [3.63, 3.8) is 0 Å². The number of aliphatic imine (C=N–C) groups is 1. The third-order valence-electron chi connectivity index (χ3n) is 6.22. The lowest BCUT2D eigenvalue weighted by atomic mass is 9.87. The van der Waals surface area contributed by atoms with E-state index in [9.17, 15) is 20.0 Å². The number of carbonyl (C=O) groups is 1. The molecule has 198 valence electrons. The van der Waals surface area contributed by atoms with Crippen LogP contribution in [0, 0.1) is 10.1 Å². The van der Waals surface area contributed by atoms with Crippen molar-refractivity contribution in [2.24, 2.45) is 4.99 Å². The molecule has 0 heterocycles. The first-order valence-electron chi connectivity index (χ1n) is 12.3. The van der Waals surface area contributed by atoms with Crippen LogP contribution in [0.4, 0.5) is 17.1 Å². The molecule has 8 heteroatoms. The number of benzene rings is 4. The summed E-state index contributed by atoms with van der Waals surface area (Å²) in [6, 6.07) is 24.6. The minimum absolute atomic E-state index is 0.00396. The molecule has 0 saturated carbocycles. The molecule has 39 heavy (non-hydrogen) atoms. The lowest BCUT2D eigenvalue weighted by Gasteiger charge is -2.19. The van der Waals surface area contributed by atoms with Crippen LogP contribution in [-0.2, 0) is 11.8 Å². The maximum atomic E-state index is 12.6. The number of phenolic OH excluding ortho intramolecular Hbond substituents is 1. The number of phenols is 1. The first-order chi connectivity index (χ1) is 18.5. The van der Waals surface area contributed by atoms with Crippen LogP contribution in [0.25, 0.3) is 0 Å². The highest BCUT2D eigenvalue weighted by Gasteiger charge is 2.19. The molecule has 0 bridgehead atoms. The standard InChI is InChI=1S/C31H28ClN3O4/c1-31(2,3)24-10-8-21(9-11-24)30(37)34-26-14-12-25(13-15-26)33-19-23-17-20(18-28(29(23)36)35(38)39)16-22-6-4-5-7-27(22)32/h4-15,17-19,36H,16H2,1-3H3,(H,34,37). The van der Waals surface area contributed by atoms with E-state index in [0.29, 0.717) is 33.9 Å². The van der Waals surface area contributed by atoms with Gasteiger partial charge in [0.1, 0.15) is 0 Å². The number of rotatable bonds is 7. The van der Waals surface area contributed by atoms with Crippen LogP contribution in [0.5, 0.6) is 5.75 Å². The number of anilines is 1. The van der Waals surface area contributed by atoms with E-state index >= 15 is 0 Å². The van der Waals surface area contributed by atoms with Crippen molar-refractivity contribution in [2.75, 3.05) is 5.32 Å². The summed E-state index contributed by atoms with van der Waals surface area (Å²) in [5.41, 5.74) is 4.07. The minimum atomic E-state index is -0.628. The number of aromatic hydroxyl groups is 1. The van der Waals surface area contributed by atoms with Crippen LogP contribution < -0.4 is 5.32 Å². The Kier molecular flexibility index (Phi) is 8.12. The van der Waals surface area contributed by atoms with Crippen molar-refractivity contribution in [3.8, 4) is 5.75 Å². The number of hydrogen-bond acceptors (Lipinski definition) is 5. The molecule has 0 aromatic heterocycles. The minimum Gasteiger partial charge on any atom is -0.502 e. The van der Waals surface area contributed by atoms with Crippen LogP contribution in [0.3, 0.4) is 0 Å². The summed E-state index contributed by atoms with van der Waals surface area (Å²) in [6.07, 6.45) is 1.73. The van der Waals surface area contributed by atoms with E-state index in [4.69, 9.17) is 11.6 Å². The van der Waals surface area contributed by atoms with Gasteiger partial charge in [-0.2, -0.15) is 0 Å². The fraction of sp³-hybridized carbons (Fsp3) is 0.161. The highest BCUT2D eigenvalue weighted by Crippen LogP contribution is 2.32. The lowest BCUT2D eigenvalue weighted by Crippen LogP contribution is -2.14. The molecule has 0 fully saturated rings. The van der Waals surface area contributed by atoms with Gasteiger partial charge in [-0.3, -0.25) is 19.9 Å². The average molecular weight is 542 g/mol. The molecule has 4 aromatic carbocycles. The van der Waals surface area contributed by atoms with Gasteiger partial charge in [0.2, 0.25) is 5.75 Å². The van der Waals surface area contributed by atoms with Crippen molar-refractivity contribution in [3.05, 3.63) is 128 Å². The molecule has 2 N–H and O–H groups in total. The van der Waals surface area contributed by atoms with Crippen molar-refractivity contribution in [1.82, 2.24) is 0 Å². The summed E-state index contributed by atoms with van der Waals surface area (Å²) in [6.45, 7) is 6.35. The summed E-state index contributed by atoms with van der Waals surface area (Å²) in [7, 11) is 0. The Morgan fingerprint density at radius 1 is 1.03 bits per heavy atom. The highest BCUT2D eigenvalue weighted by atomic mass is 35.5. The number of nitro groups is 1. The zero-order valence-corrected chi connectivity index (χ0v) is 22.6. The van der Waals surface area contributed by atoms with Gasteiger partial charge in [-0.05, 0) is 77.1 Å². The number of amides is 1. The molecule has 0 atom stereocenters. The second-order valence-electron chi connectivity index (χ2n) is 10.2. The fourth-order valence-corrected chi connectivity index (χ4v) is 4.21. The Bertz CT molecular complexity index is 1540. The van der Waals surface area contributed by atoms with Gasteiger partial charge in [0.05, 0.1) is 10.6 Å². The molecule has 4 rings (SSSR count). The Morgan fingerprint density at radius 3 is 2.31 bits per heavy atom. The molecule has 0 spiro atoms. The zero-order chi connectivity index (χ0) is 28.2. The van der Waals surface area contributed by atoms with Crippen molar-refractivity contribution in [1.29, 1.82) is 0 Å². The number of hydrogen-bond donors (Lipinski definition) is 2. The molecule has 1 amide bonds. The Balaban J connectivity index is 1.50. The van der Waals surface area contributed by atoms with Gasteiger partial charge >= 0.3 is 5.69 Å². The Labute approximate surface area is 232 Å². The van der Waals surface area contributed by atoms with Crippen LogP contribution in [0.1, 0.15) is 53.4 Å². The van der Waals surface area contributed by atoms with Crippen LogP contribution in [0.2, 0.25) is 5.02 Å². The molecular formula is C31H28ClN3O4. The van der Waals surface area contributed by atoms with Crippen molar-refractivity contribution in [2.45, 2.75) is 32.6 Å². The van der Waals surface area contributed by atoms with Crippen LogP contribution in [-0.4, -0.2) is 22.2 Å². The van der Waals surface area contributed by atoms with E-state index in [1.54, 1.807) is 48.5 Å². The smallest absolute Gasteiger partial charge is 0.311 e. The summed E-state index contributed by atoms with van der Waals surface area (Å²) in [5, 5.41) is 25.5. The van der Waals surface area contributed by atoms with Gasteiger partial charge in [-0.25, -0.2) is 0 Å². The third-order valence-corrected chi connectivity index (χ3v) is 6.59. The maximum absolute atomic E-state index is 12.6. The normalized spacial score (nSPS) is 11.5. The highest BCUT2D eigenvalue weighted by molar-refractivity contribution is 6.31. The van der Waals surface area contributed by atoms with E-state index in [0.717, 1.165) is 11.1 Å². The average Bonchev–Trinajstić information content (AvgIpc) is 2.90. The number of nitro benzene ring substituents is 1. The summed E-state index contributed by atoms with van der Waals surface area (Å²) in [4.78, 5) is 27.9. The molecule has 0 radical (unpaired) electrons. The van der Waals surface area contributed by atoms with Crippen molar-refractivity contribution < 1.29 is 14.8 Å². The second-order valence-corrected chi connectivity index (χ2v) is 10.6. The first-order valence-corrected chi connectivity index (χ1v) is 12.7. The third kappa shape index (κ3) is 6.89. The molecule has 0 saturated heterocycles. The molecule has 4 aromatic rings. The Hall–Kier alpha value is -4.49. The predicted molar refractivity (Wildman–Crippen MR) is 156 cm³/mol. The van der Waals surface area contributed by atoms with Gasteiger partial charge in [-0.1, -0.05) is 62.7 Å². The molecule has 7 nitrogen and oxygen atoms in total. The van der Waals surface area contributed by atoms with E-state index in [-0.39, 0.29) is 16.9 Å². The van der Waals surface area contributed by atoms with E-state index < -0.39 is 16.4 Å². The first kappa shape index (κ1) is 27.5. The number of carbonyl (C=O) groups excluding carboxylic acids is 1. The Morgan fingerprint density at radius 2 is 1.69 bits per heavy atom. The number of halogens is 1. The van der Waals surface area contributed by atoms with Gasteiger partial charge < -0.3 is 10.4 Å². The van der Waals surface area contributed by atoms with E-state index in [1.807, 2.05) is 30.3 Å². The molecular weight excluding hydrogens is 514 g/mol. The number of nitrogens with one attached hydrogen (secondary N) is 1.